The molecule has 0 bridgehead atoms. The summed E-state index contributed by atoms with van der Waals surface area (Å²) in [7, 11) is 0. The van der Waals surface area contributed by atoms with E-state index in [1.807, 2.05) is 13.8 Å². The van der Waals surface area contributed by atoms with E-state index in [-0.39, 0.29) is 0 Å². The molecule has 1 saturated heterocycles. The summed E-state index contributed by atoms with van der Waals surface area (Å²) in [6.07, 6.45) is 29.5. The van der Waals surface area contributed by atoms with Gasteiger partial charge >= 0.3 is 0 Å². The van der Waals surface area contributed by atoms with Crippen molar-refractivity contribution in [1.29, 1.82) is 0 Å². The van der Waals surface area contributed by atoms with Crippen LogP contribution in [0.1, 0.15) is 170 Å². The summed E-state index contributed by atoms with van der Waals surface area (Å²) >= 11 is 0. The average Bonchev–Trinajstić information content (AvgIpc) is 3.55. The Morgan fingerprint density at radius 2 is 1.56 bits per heavy atom. The van der Waals surface area contributed by atoms with E-state index < -0.39 is 0 Å². The minimum absolute atomic E-state index is 0.543. The molecule has 12 atom stereocenters. The Labute approximate surface area is 268 Å². The first-order valence-corrected chi connectivity index (χ1v) is 20.5. The summed E-state index contributed by atoms with van der Waals surface area (Å²) in [6.45, 7) is 20.4. The number of hydrogen-bond acceptors (Lipinski definition) is 1. The molecule has 2 spiro atoms. The van der Waals surface area contributed by atoms with Crippen LogP contribution in [0.4, 0.5) is 0 Å². The first-order valence-electron chi connectivity index (χ1n) is 20.5. The standard InChI is InChI=1S/C40H67N.C2H6/c1-6-7-10-28-14-15-33-30(23-28)24-35-34-16-17-36-37(3,4)32(18-19-40(36)26-39(34,40)21-20-38(33,35)5)27(2)29-11-9-22-41(25-29)31-12-8-13-31;1-2/h27-36H,6-26H2,1-5H3;1-2H3. The van der Waals surface area contributed by atoms with E-state index in [0.29, 0.717) is 10.8 Å². The zero-order valence-corrected chi connectivity index (χ0v) is 30.1. The fraction of sp³-hybridized carbons (Fsp3) is 1.00. The maximum atomic E-state index is 2.94. The molecule has 0 amide bonds. The maximum Gasteiger partial charge on any atom is 0.00953 e. The molecule has 0 radical (unpaired) electrons. The van der Waals surface area contributed by atoms with Gasteiger partial charge in [0.1, 0.15) is 0 Å². The Morgan fingerprint density at radius 3 is 2.30 bits per heavy atom. The highest BCUT2D eigenvalue weighted by Crippen LogP contribution is 2.88. The molecule has 12 unspecified atom stereocenters. The quantitative estimate of drug-likeness (QED) is 0.297. The third kappa shape index (κ3) is 4.66. The lowest BCUT2D eigenvalue weighted by molar-refractivity contribution is -0.125. The third-order valence-corrected chi connectivity index (χ3v) is 17.8. The van der Waals surface area contributed by atoms with Crippen LogP contribution in [0.25, 0.3) is 0 Å². The van der Waals surface area contributed by atoms with Gasteiger partial charge in [-0.15, -0.1) is 0 Å². The topological polar surface area (TPSA) is 3.24 Å². The number of fused-ring (bicyclic) bond motifs is 4. The molecule has 7 saturated carbocycles. The Hall–Kier alpha value is -0.0400. The summed E-state index contributed by atoms with van der Waals surface area (Å²) in [5, 5.41) is 0. The van der Waals surface area contributed by atoms with Gasteiger partial charge in [0.15, 0.2) is 0 Å². The van der Waals surface area contributed by atoms with Gasteiger partial charge in [-0.1, -0.05) is 80.6 Å². The number of likely N-dealkylation sites (tertiary alicyclic amines) is 1. The number of nitrogens with zero attached hydrogens (tertiary/aromatic N) is 1. The monoisotopic (exact) mass is 592 g/mol. The molecule has 0 aromatic rings. The predicted octanol–water partition coefficient (Wildman–Crippen LogP) is 11.8. The largest absolute Gasteiger partial charge is 0.300 e. The molecule has 246 valence electrons. The van der Waals surface area contributed by atoms with E-state index in [9.17, 15) is 0 Å². The molecule has 8 fully saturated rings. The molecule has 43 heavy (non-hydrogen) atoms. The Kier molecular flexibility index (Phi) is 8.50. The minimum Gasteiger partial charge on any atom is -0.300 e. The van der Waals surface area contributed by atoms with Crippen LogP contribution in [0.2, 0.25) is 0 Å². The molecule has 8 rings (SSSR count). The third-order valence-electron chi connectivity index (χ3n) is 17.8. The lowest BCUT2D eigenvalue weighted by atomic mass is 9.44. The summed E-state index contributed by atoms with van der Waals surface area (Å²) in [6, 6.07) is 0.952. The van der Waals surface area contributed by atoms with Gasteiger partial charge in [0.2, 0.25) is 0 Å². The van der Waals surface area contributed by atoms with Gasteiger partial charge in [0.05, 0.1) is 0 Å². The van der Waals surface area contributed by atoms with E-state index in [2.05, 4.69) is 39.5 Å². The highest BCUT2D eigenvalue weighted by molar-refractivity contribution is 5.29. The number of rotatable bonds is 6. The molecule has 7 aliphatic carbocycles. The fourth-order valence-electron chi connectivity index (χ4n) is 15.6. The predicted molar refractivity (Wildman–Crippen MR) is 184 cm³/mol. The van der Waals surface area contributed by atoms with Crippen LogP contribution in [0, 0.1) is 74.9 Å². The minimum atomic E-state index is 0.543. The van der Waals surface area contributed by atoms with Crippen molar-refractivity contribution in [3.05, 3.63) is 0 Å². The maximum absolute atomic E-state index is 2.94. The Balaban J connectivity index is 0.00000147. The lowest BCUT2D eigenvalue weighted by Gasteiger charge is -2.61. The lowest BCUT2D eigenvalue weighted by Crippen LogP contribution is -2.55. The number of unbranched alkanes of at least 4 members (excludes halogenated alkanes) is 1. The summed E-state index contributed by atoms with van der Waals surface area (Å²) in [5.41, 5.74) is 2.76. The van der Waals surface area contributed by atoms with Crippen LogP contribution in [0.15, 0.2) is 0 Å². The van der Waals surface area contributed by atoms with Crippen molar-refractivity contribution >= 4 is 0 Å². The van der Waals surface area contributed by atoms with Crippen molar-refractivity contribution in [2.45, 2.75) is 177 Å². The zero-order chi connectivity index (χ0) is 30.2. The van der Waals surface area contributed by atoms with Crippen LogP contribution in [0.3, 0.4) is 0 Å². The molecule has 0 aromatic heterocycles. The van der Waals surface area contributed by atoms with E-state index in [1.165, 1.54) is 64.5 Å². The van der Waals surface area contributed by atoms with E-state index >= 15 is 0 Å². The molecule has 0 N–H and O–H groups in total. The van der Waals surface area contributed by atoms with Gasteiger partial charge < -0.3 is 4.90 Å². The summed E-state index contributed by atoms with van der Waals surface area (Å²) in [5.74, 6) is 9.28. The second-order valence-corrected chi connectivity index (χ2v) is 19.1. The smallest absolute Gasteiger partial charge is 0.00953 e. The molecular weight excluding hydrogens is 518 g/mol. The summed E-state index contributed by atoms with van der Waals surface area (Å²) in [4.78, 5) is 2.94. The van der Waals surface area contributed by atoms with Gasteiger partial charge in [-0.05, 0) is 171 Å². The van der Waals surface area contributed by atoms with Gasteiger partial charge in [-0.2, -0.15) is 0 Å². The molecule has 8 aliphatic rings. The van der Waals surface area contributed by atoms with Crippen LogP contribution in [-0.2, 0) is 0 Å². The van der Waals surface area contributed by atoms with Crippen molar-refractivity contribution in [2.24, 2.45) is 74.9 Å². The van der Waals surface area contributed by atoms with Gasteiger partial charge in [0.25, 0.3) is 0 Å². The molecule has 1 nitrogen and oxygen atoms in total. The van der Waals surface area contributed by atoms with Crippen molar-refractivity contribution < 1.29 is 0 Å². The van der Waals surface area contributed by atoms with E-state index in [1.54, 1.807) is 70.6 Å². The number of piperidine rings is 1. The highest BCUT2D eigenvalue weighted by Gasteiger charge is 2.80. The Bertz CT molecular complexity index is 979. The van der Waals surface area contributed by atoms with Crippen LogP contribution < -0.4 is 0 Å². The van der Waals surface area contributed by atoms with Gasteiger partial charge in [0, 0.05) is 12.6 Å². The molecule has 0 aromatic carbocycles. The van der Waals surface area contributed by atoms with E-state index in [0.717, 1.165) is 70.1 Å². The highest BCUT2D eigenvalue weighted by atomic mass is 15.2. The zero-order valence-electron chi connectivity index (χ0n) is 30.1. The van der Waals surface area contributed by atoms with Crippen molar-refractivity contribution in [1.82, 2.24) is 4.90 Å². The van der Waals surface area contributed by atoms with Crippen LogP contribution in [-0.4, -0.2) is 24.0 Å². The molecule has 1 heteroatoms. The summed E-state index contributed by atoms with van der Waals surface area (Å²) < 4.78 is 0. The van der Waals surface area contributed by atoms with Crippen molar-refractivity contribution in [2.75, 3.05) is 13.1 Å². The first kappa shape index (κ1) is 31.6. The van der Waals surface area contributed by atoms with Crippen LogP contribution in [0.5, 0.6) is 0 Å². The SMILES string of the molecule is CC.CCCCC1CCC2C(C1)CC1C3CCC4C(C)(C)C(C(C)C5CCCN(C6CCC6)C5)CCC45CC35CCC21C. The second kappa shape index (κ2) is 11.6. The van der Waals surface area contributed by atoms with Crippen molar-refractivity contribution in [3.8, 4) is 0 Å². The Morgan fingerprint density at radius 1 is 0.767 bits per heavy atom. The normalized spacial score (nSPS) is 50.9. The van der Waals surface area contributed by atoms with Gasteiger partial charge in [-0.25, -0.2) is 0 Å². The van der Waals surface area contributed by atoms with Gasteiger partial charge in [-0.3, -0.25) is 0 Å². The number of hydrogen-bond donors (Lipinski definition) is 0. The van der Waals surface area contributed by atoms with Crippen LogP contribution >= 0.6 is 0 Å². The first-order chi connectivity index (χ1) is 20.7. The molecule has 1 heterocycles. The molecule has 1 aliphatic heterocycles. The fourth-order valence-corrected chi connectivity index (χ4v) is 15.6. The van der Waals surface area contributed by atoms with Crippen molar-refractivity contribution in [3.63, 3.8) is 0 Å². The molecular formula is C42H73N. The van der Waals surface area contributed by atoms with E-state index in [4.69, 9.17) is 0 Å². The second-order valence-electron chi connectivity index (χ2n) is 19.1. The average molecular weight is 592 g/mol.